The summed E-state index contributed by atoms with van der Waals surface area (Å²) >= 11 is 0. The van der Waals surface area contributed by atoms with Gasteiger partial charge in [0.2, 0.25) is 15.9 Å². The number of nitro benzene ring substituents is 1. The predicted molar refractivity (Wildman–Crippen MR) is 90.1 cm³/mol. The van der Waals surface area contributed by atoms with Crippen LogP contribution in [0.4, 0.5) is 18.9 Å². The Morgan fingerprint density at radius 3 is 2.68 bits per heavy atom. The van der Waals surface area contributed by atoms with Crippen molar-refractivity contribution in [2.24, 2.45) is 0 Å². The monoisotopic (exact) mass is 417 g/mol. The number of alkyl halides is 3. The number of hydrogen-bond acceptors (Lipinski definition) is 6. The van der Waals surface area contributed by atoms with Crippen LogP contribution >= 0.6 is 0 Å². The normalized spacial score (nSPS) is 18.2. The Hall–Kier alpha value is -2.73. The standard InChI is InChI=1S/C16H14F3N3O5S/c17-16(18,19)11-4-6-20-15(8-11)27-13-5-7-21(10-13)28(25,26)14-3-1-2-12(9-14)22(23)24/h1-4,6,8-9,13H,5,7,10H2. The van der Waals surface area contributed by atoms with E-state index in [1.165, 1.54) is 18.2 Å². The van der Waals surface area contributed by atoms with Crippen LogP contribution in [0.1, 0.15) is 12.0 Å². The maximum Gasteiger partial charge on any atom is 0.416 e. The molecule has 0 saturated carbocycles. The first kappa shape index (κ1) is 20.0. The Bertz CT molecular complexity index is 997. The van der Waals surface area contributed by atoms with Crippen LogP contribution < -0.4 is 4.74 Å². The number of benzene rings is 1. The van der Waals surface area contributed by atoms with Crippen molar-refractivity contribution in [1.82, 2.24) is 9.29 Å². The molecule has 2 aromatic rings. The van der Waals surface area contributed by atoms with E-state index in [-0.39, 0.29) is 36.0 Å². The minimum absolute atomic E-state index is 0.0641. The van der Waals surface area contributed by atoms with E-state index in [0.717, 1.165) is 28.7 Å². The van der Waals surface area contributed by atoms with E-state index >= 15 is 0 Å². The van der Waals surface area contributed by atoms with Gasteiger partial charge < -0.3 is 4.74 Å². The Morgan fingerprint density at radius 2 is 2.00 bits per heavy atom. The van der Waals surface area contributed by atoms with Gasteiger partial charge in [0.05, 0.1) is 21.9 Å². The van der Waals surface area contributed by atoms with Crippen LogP contribution in [-0.2, 0) is 16.2 Å². The van der Waals surface area contributed by atoms with Crippen LogP contribution in [0.5, 0.6) is 5.88 Å². The minimum Gasteiger partial charge on any atom is -0.473 e. The SMILES string of the molecule is O=[N+]([O-])c1cccc(S(=O)(=O)N2CCC(Oc3cc(C(F)(F)F)ccn3)C2)c1. The molecule has 0 bridgehead atoms. The number of pyridine rings is 1. The third kappa shape index (κ3) is 4.22. The minimum atomic E-state index is -4.55. The molecule has 1 unspecified atom stereocenters. The van der Waals surface area contributed by atoms with Gasteiger partial charge in [-0.3, -0.25) is 10.1 Å². The summed E-state index contributed by atoms with van der Waals surface area (Å²) in [5.74, 6) is -0.255. The topological polar surface area (TPSA) is 103 Å². The summed E-state index contributed by atoms with van der Waals surface area (Å²) in [5.41, 5.74) is -1.28. The number of non-ortho nitro benzene ring substituents is 1. The van der Waals surface area contributed by atoms with Crippen LogP contribution in [0, 0.1) is 10.1 Å². The van der Waals surface area contributed by atoms with Crippen molar-refractivity contribution in [3.05, 3.63) is 58.3 Å². The number of rotatable bonds is 5. The van der Waals surface area contributed by atoms with Gasteiger partial charge in [0.25, 0.3) is 5.69 Å². The lowest BCUT2D eigenvalue weighted by Crippen LogP contribution is -2.31. The van der Waals surface area contributed by atoms with E-state index in [4.69, 9.17) is 4.74 Å². The van der Waals surface area contributed by atoms with Gasteiger partial charge in [0, 0.05) is 30.9 Å². The molecule has 1 saturated heterocycles. The summed E-state index contributed by atoms with van der Waals surface area (Å²) in [5, 5.41) is 10.8. The molecule has 0 aliphatic carbocycles. The van der Waals surface area contributed by atoms with E-state index in [1.807, 2.05) is 0 Å². The first-order valence-electron chi connectivity index (χ1n) is 8.02. The molecule has 8 nitrogen and oxygen atoms in total. The molecule has 1 fully saturated rings. The largest absolute Gasteiger partial charge is 0.473 e. The zero-order valence-electron chi connectivity index (χ0n) is 14.2. The van der Waals surface area contributed by atoms with Crippen molar-refractivity contribution in [2.45, 2.75) is 23.6 Å². The molecule has 1 aromatic heterocycles. The molecule has 0 radical (unpaired) electrons. The quantitative estimate of drug-likeness (QED) is 0.548. The Morgan fingerprint density at radius 1 is 1.25 bits per heavy atom. The predicted octanol–water partition coefficient (Wildman–Crippen LogP) is 2.85. The summed E-state index contributed by atoms with van der Waals surface area (Å²) in [6, 6.07) is 6.19. The average Bonchev–Trinajstić information content (AvgIpc) is 3.10. The van der Waals surface area contributed by atoms with Crippen molar-refractivity contribution in [3.8, 4) is 5.88 Å². The number of nitrogens with zero attached hydrogens (tertiary/aromatic N) is 3. The van der Waals surface area contributed by atoms with Gasteiger partial charge in [-0.1, -0.05) is 6.07 Å². The lowest BCUT2D eigenvalue weighted by atomic mass is 10.2. The van der Waals surface area contributed by atoms with E-state index in [9.17, 15) is 31.7 Å². The van der Waals surface area contributed by atoms with E-state index in [0.29, 0.717) is 0 Å². The molecular formula is C16H14F3N3O5S. The van der Waals surface area contributed by atoms with Crippen LogP contribution in [0.3, 0.4) is 0 Å². The fraction of sp³-hybridized carbons (Fsp3) is 0.312. The first-order valence-corrected chi connectivity index (χ1v) is 9.46. The van der Waals surface area contributed by atoms with Crippen molar-refractivity contribution in [3.63, 3.8) is 0 Å². The fourth-order valence-corrected chi connectivity index (χ4v) is 4.27. The van der Waals surface area contributed by atoms with E-state index in [2.05, 4.69) is 4.98 Å². The smallest absolute Gasteiger partial charge is 0.416 e. The first-order chi connectivity index (χ1) is 13.1. The van der Waals surface area contributed by atoms with Gasteiger partial charge in [0.1, 0.15) is 6.10 Å². The Balaban J connectivity index is 1.73. The third-order valence-corrected chi connectivity index (χ3v) is 5.98. The average molecular weight is 417 g/mol. The molecular weight excluding hydrogens is 403 g/mol. The molecule has 1 aromatic carbocycles. The summed E-state index contributed by atoms with van der Waals surface area (Å²) in [7, 11) is -4.00. The number of ether oxygens (including phenoxy) is 1. The molecule has 28 heavy (non-hydrogen) atoms. The summed E-state index contributed by atoms with van der Waals surface area (Å²) in [6.07, 6.45) is -4.03. The lowest BCUT2D eigenvalue weighted by Gasteiger charge is -2.17. The molecule has 0 spiro atoms. The van der Waals surface area contributed by atoms with Crippen molar-refractivity contribution in [2.75, 3.05) is 13.1 Å². The van der Waals surface area contributed by atoms with Crippen LogP contribution in [-0.4, -0.2) is 41.8 Å². The highest BCUT2D eigenvalue weighted by Crippen LogP contribution is 2.31. The van der Waals surface area contributed by atoms with Gasteiger partial charge in [0.15, 0.2) is 0 Å². The highest BCUT2D eigenvalue weighted by atomic mass is 32.2. The molecule has 1 aliphatic rings. The number of halogens is 3. The number of aromatic nitrogens is 1. The molecule has 2 heterocycles. The Kier molecular flexibility index (Phi) is 5.26. The molecule has 1 atom stereocenters. The zero-order valence-corrected chi connectivity index (χ0v) is 15.0. The molecule has 150 valence electrons. The second kappa shape index (κ2) is 7.36. The number of nitro groups is 1. The summed E-state index contributed by atoms with van der Waals surface area (Å²) in [6.45, 7) is -0.0440. The van der Waals surface area contributed by atoms with Gasteiger partial charge >= 0.3 is 6.18 Å². The fourth-order valence-electron chi connectivity index (χ4n) is 2.74. The Labute approximate surface area is 157 Å². The van der Waals surface area contributed by atoms with E-state index < -0.39 is 32.8 Å². The second-order valence-corrected chi connectivity index (χ2v) is 7.96. The molecule has 0 N–H and O–H groups in total. The van der Waals surface area contributed by atoms with Crippen molar-refractivity contribution < 1.29 is 31.2 Å². The van der Waals surface area contributed by atoms with Gasteiger partial charge in [-0.2, -0.15) is 17.5 Å². The molecule has 1 aliphatic heterocycles. The lowest BCUT2D eigenvalue weighted by molar-refractivity contribution is -0.385. The maximum absolute atomic E-state index is 12.8. The summed E-state index contributed by atoms with van der Waals surface area (Å²) < 4.78 is 70.1. The highest BCUT2D eigenvalue weighted by Gasteiger charge is 2.35. The van der Waals surface area contributed by atoms with Crippen LogP contribution in [0.25, 0.3) is 0 Å². The maximum atomic E-state index is 12.8. The zero-order chi connectivity index (χ0) is 20.5. The molecule has 0 amide bonds. The van der Waals surface area contributed by atoms with E-state index in [1.54, 1.807) is 0 Å². The molecule has 3 rings (SSSR count). The molecule has 12 heteroatoms. The summed E-state index contributed by atoms with van der Waals surface area (Å²) in [4.78, 5) is 13.6. The van der Waals surface area contributed by atoms with Crippen molar-refractivity contribution >= 4 is 15.7 Å². The highest BCUT2D eigenvalue weighted by molar-refractivity contribution is 7.89. The van der Waals surface area contributed by atoms with Crippen LogP contribution in [0.15, 0.2) is 47.5 Å². The number of sulfonamides is 1. The van der Waals surface area contributed by atoms with Gasteiger partial charge in [-0.25, -0.2) is 13.4 Å². The number of hydrogen-bond donors (Lipinski definition) is 0. The van der Waals surface area contributed by atoms with Gasteiger partial charge in [-0.05, 0) is 18.6 Å². The van der Waals surface area contributed by atoms with Gasteiger partial charge in [-0.15, -0.1) is 0 Å². The second-order valence-electron chi connectivity index (χ2n) is 6.03. The third-order valence-electron chi connectivity index (χ3n) is 4.12. The van der Waals surface area contributed by atoms with Crippen molar-refractivity contribution in [1.29, 1.82) is 0 Å². The van der Waals surface area contributed by atoms with Crippen LogP contribution in [0.2, 0.25) is 0 Å².